The van der Waals surface area contributed by atoms with Gasteiger partial charge in [-0.3, -0.25) is 0 Å². The summed E-state index contributed by atoms with van der Waals surface area (Å²) < 4.78 is 18.8. The molecule has 1 heterocycles. The summed E-state index contributed by atoms with van der Waals surface area (Å²) in [6.45, 7) is 7.30. The Bertz CT molecular complexity index is 1080. The third kappa shape index (κ3) is 5.60. The molecule has 0 aliphatic carbocycles. The highest BCUT2D eigenvalue weighted by molar-refractivity contribution is 5.89. The molecule has 0 radical (unpaired) electrons. The molecule has 0 spiro atoms. The third-order valence-electron chi connectivity index (χ3n) is 6.03. The molecule has 0 saturated carbocycles. The molecule has 4 rings (SSSR count). The number of rotatable bonds is 9. The molecule has 3 aromatic rings. The van der Waals surface area contributed by atoms with Gasteiger partial charge in [-0.1, -0.05) is 61.9 Å². The lowest BCUT2D eigenvalue weighted by Crippen LogP contribution is -2.51. The minimum atomic E-state index is -0.757. The smallest absolute Gasteiger partial charge is 0.338 e. The molecule has 1 aliphatic heterocycles. The van der Waals surface area contributed by atoms with Crippen LogP contribution in [0.1, 0.15) is 61.2 Å². The predicted molar refractivity (Wildman–Crippen MR) is 134 cm³/mol. The Morgan fingerprint density at radius 3 is 2.41 bits per heavy atom. The van der Waals surface area contributed by atoms with E-state index in [9.17, 15) is 4.79 Å². The van der Waals surface area contributed by atoms with Crippen molar-refractivity contribution in [2.45, 2.75) is 58.0 Å². The Labute approximate surface area is 202 Å². The second-order valence-corrected chi connectivity index (χ2v) is 9.13. The highest BCUT2D eigenvalue weighted by atomic mass is 16.6. The molecule has 1 N–H and O–H groups in total. The van der Waals surface area contributed by atoms with Crippen LogP contribution >= 0.6 is 0 Å². The van der Waals surface area contributed by atoms with Gasteiger partial charge in [0.25, 0.3) is 0 Å². The summed E-state index contributed by atoms with van der Waals surface area (Å²) in [7, 11) is 0. The van der Waals surface area contributed by atoms with Crippen molar-refractivity contribution >= 4 is 11.7 Å². The van der Waals surface area contributed by atoms with Crippen LogP contribution in [-0.4, -0.2) is 24.3 Å². The quantitative estimate of drug-likeness (QED) is 0.290. The summed E-state index contributed by atoms with van der Waals surface area (Å²) in [4.78, 5) is 13.0. The van der Waals surface area contributed by atoms with Crippen LogP contribution in [0.2, 0.25) is 0 Å². The second-order valence-electron chi connectivity index (χ2n) is 9.13. The minimum Gasteiger partial charge on any atom is -0.483 e. The van der Waals surface area contributed by atoms with Gasteiger partial charge in [0, 0.05) is 24.4 Å². The number of anilines is 1. The summed E-state index contributed by atoms with van der Waals surface area (Å²) in [6.07, 6.45) is 0.913. The van der Waals surface area contributed by atoms with Crippen molar-refractivity contribution in [3.05, 3.63) is 95.6 Å². The topological polar surface area (TPSA) is 56.8 Å². The zero-order valence-corrected chi connectivity index (χ0v) is 20.1. The van der Waals surface area contributed by atoms with Gasteiger partial charge in [0.1, 0.15) is 17.5 Å². The number of esters is 1. The number of carbonyl (C=O) groups excluding carboxylic acids is 1. The maximum Gasteiger partial charge on any atom is 0.338 e. The maximum absolute atomic E-state index is 13.0. The summed E-state index contributed by atoms with van der Waals surface area (Å²) >= 11 is 0. The molecule has 3 aromatic carbocycles. The average Bonchev–Trinajstić information content (AvgIpc) is 2.85. The fraction of sp³-hybridized carbons (Fsp3) is 0.345. The number of unbranched alkanes of at least 4 members (excludes halogenated alkanes) is 1. The molecule has 0 aromatic heterocycles. The van der Waals surface area contributed by atoms with Crippen LogP contribution in [-0.2, 0) is 16.0 Å². The molecular weight excluding hydrogens is 426 g/mol. The number of hydrogen-bond acceptors (Lipinski definition) is 5. The molecule has 34 heavy (non-hydrogen) atoms. The number of nitrogens with one attached hydrogen (secondary N) is 1. The van der Waals surface area contributed by atoms with E-state index in [0.717, 1.165) is 29.8 Å². The first-order chi connectivity index (χ1) is 16.5. The van der Waals surface area contributed by atoms with Gasteiger partial charge in [0.05, 0.1) is 5.56 Å². The van der Waals surface area contributed by atoms with Crippen molar-refractivity contribution in [2.75, 3.05) is 11.9 Å². The minimum absolute atomic E-state index is 0.381. The molecule has 5 heteroatoms. The van der Waals surface area contributed by atoms with Crippen LogP contribution in [0.25, 0.3) is 0 Å². The normalized spacial score (nSPS) is 18.4. The van der Waals surface area contributed by atoms with Crippen LogP contribution in [0.4, 0.5) is 5.69 Å². The maximum atomic E-state index is 13.0. The SMILES string of the molecule is CCCCOC1c2cc(NCc3ccccc3)ccc2OC(C)(C)C1OC(=O)c1ccccc1. The van der Waals surface area contributed by atoms with Crippen LogP contribution in [0, 0.1) is 0 Å². The zero-order chi connectivity index (χ0) is 24.0. The lowest BCUT2D eigenvalue weighted by molar-refractivity contribution is -0.140. The van der Waals surface area contributed by atoms with E-state index in [1.165, 1.54) is 5.56 Å². The van der Waals surface area contributed by atoms with Gasteiger partial charge in [0.2, 0.25) is 0 Å². The van der Waals surface area contributed by atoms with Crippen molar-refractivity contribution in [3.63, 3.8) is 0 Å². The molecular formula is C29H33NO4. The van der Waals surface area contributed by atoms with E-state index < -0.39 is 17.8 Å². The lowest BCUT2D eigenvalue weighted by Gasteiger charge is -2.43. The van der Waals surface area contributed by atoms with Gasteiger partial charge in [-0.15, -0.1) is 0 Å². The number of ether oxygens (including phenoxy) is 3. The van der Waals surface area contributed by atoms with Crippen LogP contribution in [0.15, 0.2) is 78.9 Å². The summed E-state index contributed by atoms with van der Waals surface area (Å²) in [5, 5.41) is 3.48. The first-order valence-electron chi connectivity index (χ1n) is 12.0. The Kier molecular flexibility index (Phi) is 7.53. The van der Waals surface area contributed by atoms with Crippen molar-refractivity contribution in [2.24, 2.45) is 0 Å². The van der Waals surface area contributed by atoms with E-state index in [-0.39, 0.29) is 5.97 Å². The molecule has 2 unspecified atom stereocenters. The summed E-state index contributed by atoms with van der Waals surface area (Å²) in [5.74, 6) is 0.372. The first kappa shape index (κ1) is 23.8. The lowest BCUT2D eigenvalue weighted by atomic mass is 9.87. The summed E-state index contributed by atoms with van der Waals surface area (Å²) in [5.41, 5.74) is 2.80. The predicted octanol–water partition coefficient (Wildman–Crippen LogP) is 6.55. The first-order valence-corrected chi connectivity index (χ1v) is 12.0. The Hall–Kier alpha value is -3.31. The van der Waals surface area contributed by atoms with E-state index >= 15 is 0 Å². The van der Waals surface area contributed by atoms with Crippen molar-refractivity contribution < 1.29 is 19.0 Å². The van der Waals surface area contributed by atoms with Crippen molar-refractivity contribution in [1.29, 1.82) is 0 Å². The van der Waals surface area contributed by atoms with Crippen molar-refractivity contribution in [3.8, 4) is 5.75 Å². The Morgan fingerprint density at radius 1 is 1.00 bits per heavy atom. The van der Waals surface area contributed by atoms with Gasteiger partial charge in [-0.25, -0.2) is 4.79 Å². The second kappa shape index (κ2) is 10.7. The number of benzene rings is 3. The van der Waals surface area contributed by atoms with Gasteiger partial charge in [0.15, 0.2) is 6.10 Å². The third-order valence-corrected chi connectivity index (χ3v) is 6.03. The zero-order valence-electron chi connectivity index (χ0n) is 20.1. The average molecular weight is 460 g/mol. The molecule has 5 nitrogen and oxygen atoms in total. The number of carbonyl (C=O) groups is 1. The molecule has 0 bridgehead atoms. The fourth-order valence-electron chi connectivity index (χ4n) is 4.14. The largest absolute Gasteiger partial charge is 0.483 e. The summed E-state index contributed by atoms with van der Waals surface area (Å²) in [6, 6.07) is 25.3. The van der Waals surface area contributed by atoms with Gasteiger partial charge < -0.3 is 19.5 Å². The molecule has 178 valence electrons. The molecule has 0 fully saturated rings. The van der Waals surface area contributed by atoms with Crippen LogP contribution in [0.5, 0.6) is 5.75 Å². The van der Waals surface area contributed by atoms with E-state index in [0.29, 0.717) is 18.7 Å². The van der Waals surface area contributed by atoms with Crippen LogP contribution < -0.4 is 10.1 Å². The van der Waals surface area contributed by atoms with E-state index in [2.05, 4.69) is 24.4 Å². The molecule has 0 amide bonds. The Morgan fingerprint density at radius 2 is 1.71 bits per heavy atom. The fourth-order valence-corrected chi connectivity index (χ4v) is 4.14. The van der Waals surface area contributed by atoms with E-state index in [4.69, 9.17) is 14.2 Å². The highest BCUT2D eigenvalue weighted by Crippen LogP contribution is 2.44. The number of fused-ring (bicyclic) bond motifs is 1. The van der Waals surface area contributed by atoms with Crippen molar-refractivity contribution in [1.82, 2.24) is 0 Å². The molecule has 0 saturated heterocycles. The standard InChI is InChI=1S/C29H33NO4/c1-4-5-18-32-26-24-19-23(30-20-21-12-8-6-9-13-21)16-17-25(24)34-29(2,3)27(26)33-28(31)22-14-10-7-11-15-22/h6-17,19,26-27,30H,4-5,18,20H2,1-3H3. The number of hydrogen-bond donors (Lipinski definition) is 1. The van der Waals surface area contributed by atoms with E-state index in [1.54, 1.807) is 12.1 Å². The molecule has 2 atom stereocenters. The Balaban J connectivity index is 1.61. The molecule has 1 aliphatic rings. The van der Waals surface area contributed by atoms with Gasteiger partial charge in [-0.2, -0.15) is 0 Å². The van der Waals surface area contributed by atoms with E-state index in [1.807, 2.05) is 68.4 Å². The van der Waals surface area contributed by atoms with Gasteiger partial charge >= 0.3 is 5.97 Å². The monoisotopic (exact) mass is 459 g/mol. The van der Waals surface area contributed by atoms with Crippen LogP contribution in [0.3, 0.4) is 0 Å². The highest BCUT2D eigenvalue weighted by Gasteiger charge is 2.47. The van der Waals surface area contributed by atoms with Gasteiger partial charge in [-0.05, 0) is 56.2 Å².